The smallest absolute Gasteiger partial charge is 0.120 e. The normalized spacial score (nSPS) is 9.69. The van der Waals surface area contributed by atoms with Crippen LogP contribution in [0.2, 0.25) is 0 Å². The van der Waals surface area contributed by atoms with E-state index in [0.29, 0.717) is 0 Å². The van der Waals surface area contributed by atoms with Crippen molar-refractivity contribution in [3.63, 3.8) is 0 Å². The van der Waals surface area contributed by atoms with Gasteiger partial charge >= 0.3 is 0 Å². The summed E-state index contributed by atoms with van der Waals surface area (Å²) in [7, 11) is 1.60. The van der Waals surface area contributed by atoms with Crippen LogP contribution in [-0.2, 0) is 23.8 Å². The standard InChI is InChI=1S/C9H9BrO2S/c1-12-7-3-2-6(4-9(11)13)8(10)5-7/h2-3,5H,4H2,1H3,(H,11,13)/p-1. The van der Waals surface area contributed by atoms with E-state index in [2.05, 4.69) is 28.6 Å². The quantitative estimate of drug-likeness (QED) is 0.778. The van der Waals surface area contributed by atoms with Crippen molar-refractivity contribution < 1.29 is 9.53 Å². The molecule has 4 heteroatoms. The van der Waals surface area contributed by atoms with Crippen LogP contribution in [0.5, 0.6) is 5.75 Å². The molecule has 0 amide bonds. The van der Waals surface area contributed by atoms with Crippen molar-refractivity contribution in [2.45, 2.75) is 6.42 Å². The summed E-state index contributed by atoms with van der Waals surface area (Å²) in [5.74, 6) is 0.757. The van der Waals surface area contributed by atoms with Crippen LogP contribution in [0.25, 0.3) is 0 Å². The molecule has 0 atom stereocenters. The Labute approximate surface area is 90.8 Å². The third-order valence-electron chi connectivity index (χ3n) is 1.60. The first-order chi connectivity index (χ1) is 6.13. The maximum atomic E-state index is 10.7. The van der Waals surface area contributed by atoms with Crippen molar-refractivity contribution in [1.29, 1.82) is 0 Å². The Morgan fingerprint density at radius 2 is 2.31 bits per heavy atom. The number of benzene rings is 1. The molecular weight excluding hydrogens is 252 g/mol. The first kappa shape index (κ1) is 10.5. The van der Waals surface area contributed by atoms with Gasteiger partial charge in [-0.2, -0.15) is 0 Å². The molecule has 0 bridgehead atoms. The van der Waals surface area contributed by atoms with E-state index in [4.69, 9.17) is 4.74 Å². The molecule has 1 rings (SSSR count). The second-order valence-corrected chi connectivity index (χ2v) is 3.82. The Kier molecular flexibility index (Phi) is 3.69. The molecule has 1 aromatic rings. The largest absolute Gasteiger partial charge is 0.742 e. The Bertz CT molecular complexity index is 325. The van der Waals surface area contributed by atoms with E-state index in [1.807, 2.05) is 12.1 Å². The predicted octanol–water partition coefficient (Wildman–Crippen LogP) is 2.07. The van der Waals surface area contributed by atoms with E-state index in [9.17, 15) is 4.79 Å². The van der Waals surface area contributed by atoms with Crippen LogP contribution in [0.1, 0.15) is 5.56 Å². The minimum absolute atomic E-state index is 0.258. The zero-order valence-electron chi connectivity index (χ0n) is 7.04. The van der Waals surface area contributed by atoms with Crippen molar-refractivity contribution in [2.24, 2.45) is 0 Å². The zero-order valence-corrected chi connectivity index (χ0v) is 9.44. The van der Waals surface area contributed by atoms with E-state index >= 15 is 0 Å². The maximum absolute atomic E-state index is 10.7. The van der Waals surface area contributed by atoms with Crippen LogP contribution in [0, 0.1) is 0 Å². The summed E-state index contributed by atoms with van der Waals surface area (Å²) in [6.45, 7) is 0. The van der Waals surface area contributed by atoms with Gasteiger partial charge in [0.25, 0.3) is 0 Å². The second-order valence-electron chi connectivity index (χ2n) is 2.51. The van der Waals surface area contributed by atoms with E-state index in [1.54, 1.807) is 13.2 Å². The first-order valence-electron chi connectivity index (χ1n) is 3.65. The third-order valence-corrected chi connectivity index (χ3v) is 2.48. The number of carbonyl (C=O) groups is 1. The Morgan fingerprint density at radius 1 is 1.62 bits per heavy atom. The van der Waals surface area contributed by atoms with E-state index in [1.165, 1.54) is 0 Å². The SMILES string of the molecule is COc1ccc(CC(=O)[S-])c(Br)c1. The zero-order chi connectivity index (χ0) is 9.84. The number of hydrogen-bond acceptors (Lipinski definition) is 3. The highest BCUT2D eigenvalue weighted by Gasteiger charge is 2.01. The lowest BCUT2D eigenvalue weighted by Gasteiger charge is -2.07. The van der Waals surface area contributed by atoms with Gasteiger partial charge in [0, 0.05) is 16.0 Å². The lowest BCUT2D eigenvalue weighted by molar-refractivity contribution is -0.110. The topological polar surface area (TPSA) is 26.3 Å². The molecule has 0 saturated heterocycles. The lowest BCUT2D eigenvalue weighted by Crippen LogP contribution is -1.98. The van der Waals surface area contributed by atoms with Gasteiger partial charge in [-0.15, -0.1) is 0 Å². The monoisotopic (exact) mass is 259 g/mol. The minimum atomic E-state index is -0.258. The average molecular weight is 260 g/mol. The number of methoxy groups -OCH3 is 1. The molecule has 0 aliphatic carbocycles. The molecule has 0 saturated carbocycles. The molecule has 0 unspecified atom stereocenters. The predicted molar refractivity (Wildman–Crippen MR) is 56.8 cm³/mol. The molecule has 0 fully saturated rings. The lowest BCUT2D eigenvalue weighted by atomic mass is 10.1. The van der Waals surface area contributed by atoms with Crippen molar-refractivity contribution in [3.05, 3.63) is 28.2 Å². The number of rotatable bonds is 3. The molecule has 70 valence electrons. The van der Waals surface area contributed by atoms with Crippen LogP contribution >= 0.6 is 15.9 Å². The highest BCUT2D eigenvalue weighted by Crippen LogP contribution is 2.23. The minimum Gasteiger partial charge on any atom is -0.742 e. The van der Waals surface area contributed by atoms with Gasteiger partial charge in [-0.1, -0.05) is 22.0 Å². The molecule has 0 aliphatic rings. The molecule has 0 aliphatic heterocycles. The van der Waals surface area contributed by atoms with Gasteiger partial charge in [0.1, 0.15) is 5.75 Å². The fourth-order valence-corrected chi connectivity index (χ4v) is 1.61. The molecule has 1 aromatic carbocycles. The van der Waals surface area contributed by atoms with E-state index in [0.717, 1.165) is 15.8 Å². The van der Waals surface area contributed by atoms with Crippen molar-refractivity contribution >= 4 is 33.7 Å². The van der Waals surface area contributed by atoms with Gasteiger partial charge in [0.2, 0.25) is 0 Å². The number of halogens is 1. The van der Waals surface area contributed by atoms with Gasteiger partial charge in [-0.25, -0.2) is 0 Å². The van der Waals surface area contributed by atoms with Gasteiger partial charge in [0.05, 0.1) is 7.11 Å². The summed E-state index contributed by atoms with van der Waals surface area (Å²) >= 11 is 7.83. The fraction of sp³-hybridized carbons (Fsp3) is 0.222. The van der Waals surface area contributed by atoms with Crippen LogP contribution in [-0.4, -0.2) is 12.2 Å². The molecule has 0 aromatic heterocycles. The van der Waals surface area contributed by atoms with Gasteiger partial charge in [0.15, 0.2) is 0 Å². The van der Waals surface area contributed by atoms with Gasteiger partial charge in [-0.3, -0.25) is 0 Å². The number of ether oxygens (including phenoxy) is 1. The summed E-state index contributed by atoms with van der Waals surface area (Å²) in [6.07, 6.45) is 0.278. The molecule has 0 spiro atoms. The van der Waals surface area contributed by atoms with Crippen LogP contribution in [0.4, 0.5) is 0 Å². The molecule has 0 radical (unpaired) electrons. The Morgan fingerprint density at radius 3 is 2.77 bits per heavy atom. The summed E-state index contributed by atoms with van der Waals surface area (Å²) in [5, 5.41) is -0.258. The molecule has 2 nitrogen and oxygen atoms in total. The first-order valence-corrected chi connectivity index (χ1v) is 4.86. The Hall–Kier alpha value is -0.610. The number of hydrogen-bond donors (Lipinski definition) is 0. The molecule has 13 heavy (non-hydrogen) atoms. The average Bonchev–Trinajstić information content (AvgIpc) is 2.08. The van der Waals surface area contributed by atoms with E-state index in [-0.39, 0.29) is 11.5 Å². The van der Waals surface area contributed by atoms with Crippen molar-refractivity contribution in [3.8, 4) is 5.75 Å². The Balaban J connectivity index is 2.91. The second kappa shape index (κ2) is 4.58. The summed E-state index contributed by atoms with van der Waals surface area (Å²) < 4.78 is 5.87. The van der Waals surface area contributed by atoms with E-state index < -0.39 is 0 Å². The van der Waals surface area contributed by atoms with Gasteiger partial charge in [-0.05, 0) is 17.7 Å². The summed E-state index contributed by atoms with van der Waals surface area (Å²) in [5.41, 5.74) is 0.890. The summed E-state index contributed by atoms with van der Waals surface area (Å²) in [4.78, 5) is 10.7. The van der Waals surface area contributed by atoms with Gasteiger partial charge < -0.3 is 22.2 Å². The maximum Gasteiger partial charge on any atom is 0.120 e. The van der Waals surface area contributed by atoms with Crippen molar-refractivity contribution in [1.82, 2.24) is 0 Å². The van der Waals surface area contributed by atoms with Crippen molar-refractivity contribution in [2.75, 3.05) is 7.11 Å². The molecule has 0 heterocycles. The summed E-state index contributed by atoms with van der Waals surface area (Å²) in [6, 6.07) is 5.44. The molecular formula is C9H8BrO2S-. The highest BCUT2D eigenvalue weighted by atomic mass is 79.9. The third kappa shape index (κ3) is 2.97. The van der Waals surface area contributed by atoms with Crippen LogP contribution in [0.3, 0.4) is 0 Å². The van der Waals surface area contributed by atoms with Crippen LogP contribution in [0.15, 0.2) is 22.7 Å². The fourth-order valence-electron chi connectivity index (χ4n) is 0.954. The van der Waals surface area contributed by atoms with Crippen LogP contribution < -0.4 is 4.74 Å². The number of carbonyl (C=O) groups excluding carboxylic acids is 1. The highest BCUT2D eigenvalue weighted by molar-refractivity contribution is 9.10. The molecule has 0 N–H and O–H groups in total.